The van der Waals surface area contributed by atoms with Crippen LogP contribution in [0.4, 0.5) is 11.4 Å². The summed E-state index contributed by atoms with van der Waals surface area (Å²) in [5.74, 6) is -0.197. The number of aryl methyl sites for hydroxylation is 1. The molecule has 0 atom stereocenters. The molecular weight excluding hydrogens is 302 g/mol. The van der Waals surface area contributed by atoms with Gasteiger partial charge in [-0.15, -0.1) is 0 Å². The van der Waals surface area contributed by atoms with Crippen LogP contribution in [0.25, 0.3) is 0 Å². The lowest BCUT2D eigenvalue weighted by Crippen LogP contribution is -2.34. The van der Waals surface area contributed by atoms with Crippen LogP contribution in [-0.4, -0.2) is 24.4 Å². The second kappa shape index (κ2) is 8.15. The molecule has 126 valence electrons. The van der Waals surface area contributed by atoms with Gasteiger partial charge < -0.3 is 16.0 Å². The third-order valence-electron chi connectivity index (χ3n) is 3.33. The van der Waals surface area contributed by atoms with Crippen LogP contribution in [0.3, 0.4) is 0 Å². The Morgan fingerprint density at radius 3 is 2.29 bits per heavy atom. The van der Waals surface area contributed by atoms with E-state index in [1.165, 1.54) is 0 Å². The van der Waals surface area contributed by atoms with Crippen molar-refractivity contribution in [2.75, 3.05) is 17.2 Å². The normalized spacial score (nSPS) is 10.3. The molecule has 0 aliphatic carbocycles. The maximum Gasteiger partial charge on any atom is 0.255 e. The first-order valence-corrected chi connectivity index (χ1v) is 7.95. The van der Waals surface area contributed by atoms with E-state index in [0.717, 1.165) is 11.3 Å². The van der Waals surface area contributed by atoms with Crippen molar-refractivity contribution in [2.24, 2.45) is 0 Å². The zero-order valence-electron chi connectivity index (χ0n) is 14.2. The molecule has 0 fully saturated rings. The summed E-state index contributed by atoms with van der Waals surface area (Å²) in [5.41, 5.74) is 3.20. The van der Waals surface area contributed by atoms with Gasteiger partial charge in [-0.05, 0) is 57.2 Å². The van der Waals surface area contributed by atoms with Crippen molar-refractivity contribution in [1.29, 1.82) is 0 Å². The highest BCUT2D eigenvalue weighted by Gasteiger charge is 2.06. The fourth-order valence-corrected chi connectivity index (χ4v) is 2.22. The Balaban J connectivity index is 1.90. The topological polar surface area (TPSA) is 70.2 Å². The van der Waals surface area contributed by atoms with E-state index in [4.69, 9.17) is 0 Å². The van der Waals surface area contributed by atoms with Crippen molar-refractivity contribution in [1.82, 2.24) is 5.32 Å². The third-order valence-corrected chi connectivity index (χ3v) is 3.33. The van der Waals surface area contributed by atoms with Crippen molar-refractivity contribution >= 4 is 23.2 Å². The first-order valence-electron chi connectivity index (χ1n) is 7.95. The molecule has 2 aromatic carbocycles. The Labute approximate surface area is 142 Å². The van der Waals surface area contributed by atoms with Crippen molar-refractivity contribution in [3.05, 3.63) is 59.7 Å². The van der Waals surface area contributed by atoms with Gasteiger partial charge in [-0.25, -0.2) is 0 Å². The van der Waals surface area contributed by atoms with E-state index >= 15 is 0 Å². The number of carbonyl (C=O) groups excluding carboxylic acids is 2. The molecule has 0 heterocycles. The molecule has 2 amide bonds. The van der Waals surface area contributed by atoms with E-state index in [2.05, 4.69) is 16.0 Å². The van der Waals surface area contributed by atoms with E-state index < -0.39 is 0 Å². The average Bonchev–Trinajstić information content (AvgIpc) is 2.53. The molecule has 5 nitrogen and oxygen atoms in total. The molecule has 0 bridgehead atoms. The van der Waals surface area contributed by atoms with Crippen molar-refractivity contribution in [3.8, 4) is 0 Å². The highest BCUT2D eigenvalue weighted by Crippen LogP contribution is 2.15. The van der Waals surface area contributed by atoms with Gasteiger partial charge in [0, 0.05) is 23.0 Å². The molecule has 0 aliphatic heterocycles. The lowest BCUT2D eigenvalue weighted by atomic mass is 10.1. The molecule has 0 aromatic heterocycles. The fourth-order valence-electron chi connectivity index (χ4n) is 2.22. The van der Waals surface area contributed by atoms with E-state index in [9.17, 15) is 9.59 Å². The monoisotopic (exact) mass is 325 g/mol. The first-order chi connectivity index (χ1) is 11.4. The number of amides is 2. The van der Waals surface area contributed by atoms with E-state index in [0.29, 0.717) is 11.3 Å². The molecule has 0 radical (unpaired) electrons. The predicted octanol–water partition coefficient (Wildman–Crippen LogP) is 3.18. The number of hydrogen-bond donors (Lipinski definition) is 3. The Hall–Kier alpha value is -2.82. The molecule has 0 saturated heterocycles. The van der Waals surface area contributed by atoms with Gasteiger partial charge in [0.1, 0.15) is 0 Å². The molecule has 24 heavy (non-hydrogen) atoms. The Bertz CT molecular complexity index is 709. The zero-order valence-corrected chi connectivity index (χ0v) is 14.2. The van der Waals surface area contributed by atoms with Crippen LogP contribution >= 0.6 is 0 Å². The van der Waals surface area contributed by atoms with Gasteiger partial charge in [0.2, 0.25) is 5.91 Å². The SMILES string of the molecule is Cc1cccc(C(=O)Nc2ccc(NCC(=O)NC(C)C)cc2)c1. The van der Waals surface area contributed by atoms with Crippen LogP contribution in [0.1, 0.15) is 29.8 Å². The second-order valence-electron chi connectivity index (χ2n) is 5.98. The molecule has 2 aromatic rings. The molecule has 0 unspecified atom stereocenters. The first kappa shape index (κ1) is 17.5. The van der Waals surface area contributed by atoms with Crippen LogP contribution in [0.2, 0.25) is 0 Å². The summed E-state index contributed by atoms with van der Waals surface area (Å²) in [6.45, 7) is 6.01. The lowest BCUT2D eigenvalue weighted by molar-refractivity contribution is -0.119. The molecule has 2 rings (SSSR count). The van der Waals surface area contributed by atoms with Crippen LogP contribution in [-0.2, 0) is 4.79 Å². The minimum Gasteiger partial charge on any atom is -0.376 e. The number of benzene rings is 2. The summed E-state index contributed by atoms with van der Waals surface area (Å²) in [6, 6.07) is 14.8. The quantitative estimate of drug-likeness (QED) is 0.764. The van der Waals surface area contributed by atoms with Crippen LogP contribution in [0.5, 0.6) is 0 Å². The summed E-state index contributed by atoms with van der Waals surface area (Å²) in [4.78, 5) is 23.8. The van der Waals surface area contributed by atoms with Gasteiger partial charge in [-0.1, -0.05) is 17.7 Å². The number of anilines is 2. The summed E-state index contributed by atoms with van der Waals surface area (Å²) < 4.78 is 0. The Kier molecular flexibility index (Phi) is 5.95. The van der Waals surface area contributed by atoms with Gasteiger partial charge in [-0.3, -0.25) is 9.59 Å². The molecule has 5 heteroatoms. The van der Waals surface area contributed by atoms with E-state index in [-0.39, 0.29) is 24.4 Å². The number of nitrogens with one attached hydrogen (secondary N) is 3. The smallest absolute Gasteiger partial charge is 0.255 e. The Morgan fingerprint density at radius 1 is 1.00 bits per heavy atom. The van der Waals surface area contributed by atoms with Gasteiger partial charge in [0.05, 0.1) is 6.54 Å². The Morgan fingerprint density at radius 2 is 1.67 bits per heavy atom. The molecule has 0 saturated carbocycles. The van der Waals surface area contributed by atoms with Crippen LogP contribution in [0.15, 0.2) is 48.5 Å². The van der Waals surface area contributed by atoms with E-state index in [1.54, 1.807) is 18.2 Å². The maximum atomic E-state index is 12.2. The van der Waals surface area contributed by atoms with Crippen LogP contribution < -0.4 is 16.0 Å². The summed E-state index contributed by atoms with van der Waals surface area (Å²) in [7, 11) is 0. The summed E-state index contributed by atoms with van der Waals surface area (Å²) in [6.07, 6.45) is 0. The summed E-state index contributed by atoms with van der Waals surface area (Å²) >= 11 is 0. The second-order valence-corrected chi connectivity index (χ2v) is 5.98. The van der Waals surface area contributed by atoms with Crippen LogP contribution in [0, 0.1) is 6.92 Å². The molecular formula is C19H23N3O2. The van der Waals surface area contributed by atoms with Gasteiger partial charge in [-0.2, -0.15) is 0 Å². The largest absolute Gasteiger partial charge is 0.376 e. The van der Waals surface area contributed by atoms with Gasteiger partial charge in [0.25, 0.3) is 5.91 Å². The maximum absolute atomic E-state index is 12.2. The minimum absolute atomic E-state index is 0.0539. The number of rotatable bonds is 6. The van der Waals surface area contributed by atoms with Gasteiger partial charge in [0.15, 0.2) is 0 Å². The minimum atomic E-state index is -0.143. The summed E-state index contributed by atoms with van der Waals surface area (Å²) in [5, 5.41) is 8.72. The standard InChI is InChI=1S/C19H23N3O2/c1-13(2)21-18(23)12-20-16-7-9-17(10-8-16)22-19(24)15-6-4-5-14(3)11-15/h4-11,13,20H,12H2,1-3H3,(H,21,23)(H,22,24). The third kappa shape index (κ3) is 5.43. The molecule has 0 spiro atoms. The number of hydrogen-bond acceptors (Lipinski definition) is 3. The highest BCUT2D eigenvalue weighted by molar-refractivity contribution is 6.04. The predicted molar refractivity (Wildman–Crippen MR) is 97.3 cm³/mol. The fraction of sp³-hybridized carbons (Fsp3) is 0.263. The van der Waals surface area contributed by atoms with Crippen molar-refractivity contribution in [2.45, 2.75) is 26.8 Å². The molecule has 0 aliphatic rings. The van der Waals surface area contributed by atoms with E-state index in [1.807, 2.05) is 51.1 Å². The zero-order chi connectivity index (χ0) is 17.5. The molecule has 3 N–H and O–H groups in total. The highest BCUT2D eigenvalue weighted by atomic mass is 16.2. The average molecular weight is 325 g/mol. The van der Waals surface area contributed by atoms with Crippen molar-refractivity contribution < 1.29 is 9.59 Å². The van der Waals surface area contributed by atoms with Crippen molar-refractivity contribution in [3.63, 3.8) is 0 Å². The lowest BCUT2D eigenvalue weighted by Gasteiger charge is -2.11. The number of carbonyl (C=O) groups is 2. The van der Waals surface area contributed by atoms with Gasteiger partial charge >= 0.3 is 0 Å².